The third kappa shape index (κ3) is 12.6. The molecule has 0 saturated carbocycles. The topological polar surface area (TPSA) is 61.8 Å². The first kappa shape index (κ1) is 39.3. The molecule has 1 unspecified atom stereocenters. The fourth-order valence-electron chi connectivity index (χ4n) is 6.33. The summed E-state index contributed by atoms with van der Waals surface area (Å²) in [5, 5.41) is 1.94. The number of hydrogen-bond donors (Lipinski definition) is 0. The minimum atomic E-state index is -0.217. The molecule has 5 rings (SSSR count). The minimum Gasteiger partial charge on any atom is -0.494 e. The van der Waals surface area contributed by atoms with Gasteiger partial charge in [0.1, 0.15) is 17.2 Å². The monoisotopic (exact) mass is 712 g/mol. The predicted molar refractivity (Wildman–Crippen MR) is 217 cm³/mol. The van der Waals surface area contributed by atoms with Crippen molar-refractivity contribution in [3.05, 3.63) is 126 Å². The Morgan fingerprint density at radius 1 is 0.566 bits per heavy atom. The van der Waals surface area contributed by atoms with E-state index in [9.17, 15) is 9.59 Å². The van der Waals surface area contributed by atoms with Gasteiger partial charge in [0.05, 0.1) is 19.6 Å². The van der Waals surface area contributed by atoms with Crippen LogP contribution in [0.15, 0.2) is 109 Å². The lowest BCUT2D eigenvalue weighted by Crippen LogP contribution is -2.13. The molecular formula is C48H56O5. The molecule has 0 heterocycles. The van der Waals surface area contributed by atoms with Crippen LogP contribution in [-0.4, -0.2) is 25.0 Å². The molecule has 53 heavy (non-hydrogen) atoms. The quantitative estimate of drug-likeness (QED) is 0.0406. The molecular weight excluding hydrogens is 657 g/mol. The predicted octanol–water partition coefficient (Wildman–Crippen LogP) is 13.0. The number of ketones is 1. The molecule has 278 valence electrons. The van der Waals surface area contributed by atoms with E-state index in [0.717, 1.165) is 64.2 Å². The van der Waals surface area contributed by atoms with Crippen LogP contribution in [0.4, 0.5) is 0 Å². The molecule has 0 N–H and O–H groups in total. The molecule has 5 aromatic rings. The van der Waals surface area contributed by atoms with Gasteiger partial charge in [-0.2, -0.15) is 0 Å². The summed E-state index contributed by atoms with van der Waals surface area (Å²) < 4.78 is 17.5. The number of carbonyl (C=O) groups is 2. The summed E-state index contributed by atoms with van der Waals surface area (Å²) in [6.07, 6.45) is 14.4. The van der Waals surface area contributed by atoms with E-state index in [1.54, 1.807) is 0 Å². The maximum atomic E-state index is 13.4. The summed E-state index contributed by atoms with van der Waals surface area (Å²) in [7, 11) is 0. The Morgan fingerprint density at radius 3 is 1.74 bits per heavy atom. The maximum absolute atomic E-state index is 13.4. The van der Waals surface area contributed by atoms with E-state index in [4.69, 9.17) is 14.2 Å². The number of ether oxygens (including phenoxy) is 3. The van der Waals surface area contributed by atoms with Crippen LogP contribution in [0.3, 0.4) is 0 Å². The molecule has 0 spiro atoms. The summed E-state index contributed by atoms with van der Waals surface area (Å²) in [5.41, 5.74) is 4.21. The molecule has 0 aliphatic rings. The van der Waals surface area contributed by atoms with Crippen LogP contribution in [-0.2, 0) is 16.0 Å². The second kappa shape index (κ2) is 21.0. The summed E-state index contributed by atoms with van der Waals surface area (Å²) in [4.78, 5) is 25.7. The zero-order chi connectivity index (χ0) is 37.3. The summed E-state index contributed by atoms with van der Waals surface area (Å²) in [6.45, 7) is 7.62. The van der Waals surface area contributed by atoms with Crippen LogP contribution in [0.5, 0.6) is 17.2 Å². The van der Waals surface area contributed by atoms with Gasteiger partial charge in [0.2, 0.25) is 0 Å². The number of hydrogen-bond acceptors (Lipinski definition) is 5. The zero-order valence-electron chi connectivity index (χ0n) is 31.9. The highest BCUT2D eigenvalue weighted by Crippen LogP contribution is 2.28. The van der Waals surface area contributed by atoms with Gasteiger partial charge in [-0.05, 0) is 82.3 Å². The van der Waals surface area contributed by atoms with Crippen LogP contribution in [0.25, 0.3) is 21.9 Å². The Labute approximate surface area is 316 Å². The van der Waals surface area contributed by atoms with Crippen molar-refractivity contribution in [2.24, 2.45) is 5.92 Å². The first-order chi connectivity index (χ1) is 25.9. The lowest BCUT2D eigenvalue weighted by Gasteiger charge is -2.10. The van der Waals surface area contributed by atoms with Gasteiger partial charge in [-0.1, -0.05) is 152 Å². The third-order valence-corrected chi connectivity index (χ3v) is 9.90. The average Bonchev–Trinajstić information content (AvgIpc) is 3.19. The Kier molecular flexibility index (Phi) is 15.5. The molecule has 0 bridgehead atoms. The molecule has 0 saturated heterocycles. The molecule has 0 aliphatic heterocycles. The highest BCUT2D eigenvalue weighted by atomic mass is 16.5. The number of fused-ring (bicyclic) bond motifs is 1. The number of carbonyl (C=O) groups excluding carboxylic acids is 2. The van der Waals surface area contributed by atoms with Gasteiger partial charge in [-0.3, -0.25) is 9.59 Å². The second-order valence-corrected chi connectivity index (χ2v) is 14.3. The van der Waals surface area contributed by atoms with Crippen molar-refractivity contribution >= 4 is 22.5 Å². The number of benzene rings is 5. The van der Waals surface area contributed by atoms with Crippen LogP contribution in [0.2, 0.25) is 0 Å². The van der Waals surface area contributed by atoms with Crippen LogP contribution in [0.1, 0.15) is 113 Å². The second-order valence-electron chi connectivity index (χ2n) is 14.3. The van der Waals surface area contributed by atoms with Gasteiger partial charge in [-0.25, -0.2) is 0 Å². The van der Waals surface area contributed by atoms with Crippen molar-refractivity contribution in [3.8, 4) is 28.4 Å². The van der Waals surface area contributed by atoms with Crippen LogP contribution in [0, 0.1) is 5.92 Å². The lowest BCUT2D eigenvalue weighted by molar-refractivity contribution is -0.144. The van der Waals surface area contributed by atoms with Crippen molar-refractivity contribution in [2.75, 3.05) is 13.2 Å². The van der Waals surface area contributed by atoms with E-state index < -0.39 is 0 Å². The molecule has 5 heteroatoms. The van der Waals surface area contributed by atoms with Crippen LogP contribution < -0.4 is 9.47 Å². The molecule has 0 aliphatic carbocycles. The minimum absolute atomic E-state index is 0.0323. The fraction of sp³-hybridized carbons (Fsp3) is 0.375. The van der Waals surface area contributed by atoms with E-state index >= 15 is 0 Å². The van der Waals surface area contributed by atoms with Gasteiger partial charge >= 0.3 is 5.97 Å². The molecule has 0 amide bonds. The van der Waals surface area contributed by atoms with E-state index in [0.29, 0.717) is 23.7 Å². The standard InChI is InChI=1S/C48H56O5/c1-4-6-7-8-9-10-11-12-13-14-31-51-44-27-29-46(30-28-44)53-45-25-23-39(24-26-45)38-17-19-40(20-18-38)48(50)43-22-21-41-32-37(15-16-42(41)34-43)33-47(49)52-35-36(3)5-2/h15-30,32,34,36H,4-14,31,33,35H2,1-3H3. The maximum Gasteiger partial charge on any atom is 0.310 e. The van der Waals surface area contributed by atoms with E-state index in [1.807, 2.05) is 109 Å². The number of unbranched alkanes of at least 4 members (excludes halogenated alkanes) is 9. The van der Waals surface area contributed by atoms with Crippen molar-refractivity contribution in [1.82, 2.24) is 0 Å². The van der Waals surface area contributed by atoms with Crippen molar-refractivity contribution in [3.63, 3.8) is 0 Å². The smallest absolute Gasteiger partial charge is 0.310 e. The van der Waals surface area contributed by atoms with E-state index in [2.05, 4.69) is 20.8 Å². The third-order valence-electron chi connectivity index (χ3n) is 9.90. The Balaban J connectivity index is 1.06. The van der Waals surface area contributed by atoms with Crippen LogP contribution >= 0.6 is 0 Å². The Bertz CT molecular complexity index is 1860. The van der Waals surface area contributed by atoms with Crippen molar-refractivity contribution in [1.29, 1.82) is 0 Å². The average molecular weight is 713 g/mol. The summed E-state index contributed by atoms with van der Waals surface area (Å²) >= 11 is 0. The van der Waals surface area contributed by atoms with E-state index in [1.165, 1.54) is 57.8 Å². The fourth-order valence-corrected chi connectivity index (χ4v) is 6.33. The number of rotatable bonds is 22. The highest BCUT2D eigenvalue weighted by Gasteiger charge is 2.12. The molecule has 5 aromatic carbocycles. The lowest BCUT2D eigenvalue weighted by atomic mass is 9.97. The van der Waals surface area contributed by atoms with Gasteiger partial charge in [0.25, 0.3) is 0 Å². The molecule has 1 atom stereocenters. The van der Waals surface area contributed by atoms with Crippen molar-refractivity contribution < 1.29 is 23.8 Å². The van der Waals surface area contributed by atoms with Gasteiger partial charge < -0.3 is 14.2 Å². The van der Waals surface area contributed by atoms with Gasteiger partial charge in [-0.15, -0.1) is 0 Å². The summed E-state index contributed by atoms with van der Waals surface area (Å²) in [6, 6.07) is 35.1. The highest BCUT2D eigenvalue weighted by molar-refractivity contribution is 6.10. The van der Waals surface area contributed by atoms with Gasteiger partial charge in [0.15, 0.2) is 5.78 Å². The number of esters is 1. The molecule has 0 fully saturated rings. The zero-order valence-corrected chi connectivity index (χ0v) is 31.9. The molecule has 5 nitrogen and oxygen atoms in total. The van der Waals surface area contributed by atoms with Crippen molar-refractivity contribution in [2.45, 2.75) is 97.8 Å². The largest absolute Gasteiger partial charge is 0.494 e. The Morgan fingerprint density at radius 2 is 1.09 bits per heavy atom. The summed E-state index contributed by atoms with van der Waals surface area (Å²) in [5.74, 6) is 2.49. The molecule has 0 radical (unpaired) electrons. The van der Waals surface area contributed by atoms with E-state index in [-0.39, 0.29) is 18.2 Å². The normalized spacial score (nSPS) is 11.7. The SMILES string of the molecule is CCCCCCCCCCCCOc1ccc(Oc2ccc(-c3ccc(C(=O)c4ccc5cc(CC(=O)OCC(C)CC)ccc5c4)cc3)cc2)cc1. The first-order valence-corrected chi connectivity index (χ1v) is 19.8. The Hall–Kier alpha value is -4.90. The van der Waals surface area contributed by atoms with Gasteiger partial charge in [0, 0.05) is 11.1 Å². The molecule has 0 aromatic heterocycles. The first-order valence-electron chi connectivity index (χ1n) is 19.8.